The van der Waals surface area contributed by atoms with Gasteiger partial charge in [0.25, 0.3) is 0 Å². The van der Waals surface area contributed by atoms with Crippen molar-refractivity contribution in [2.45, 2.75) is 72.4 Å². The second kappa shape index (κ2) is 8.89. The second-order valence-corrected chi connectivity index (χ2v) is 10.2. The topological polar surface area (TPSA) is 108 Å². The molecule has 1 unspecified atom stereocenters. The van der Waals surface area contributed by atoms with Gasteiger partial charge in [0.05, 0.1) is 12.5 Å². The van der Waals surface area contributed by atoms with E-state index in [1.165, 1.54) is 7.11 Å². The third-order valence-electron chi connectivity index (χ3n) is 6.61. The monoisotopic (exact) mass is 432 g/mol. The van der Waals surface area contributed by atoms with Crippen LogP contribution in [0.4, 0.5) is 5.69 Å². The fourth-order valence-electron chi connectivity index (χ4n) is 4.21. The summed E-state index contributed by atoms with van der Waals surface area (Å²) in [6.07, 6.45) is 1.35. The van der Waals surface area contributed by atoms with Crippen molar-refractivity contribution in [2.24, 2.45) is 16.7 Å². The molecule has 1 aliphatic rings. The first-order valence-corrected chi connectivity index (χ1v) is 10.7. The third-order valence-corrected chi connectivity index (χ3v) is 6.61. The number of carbonyl (C=O) groups excluding carboxylic acids is 3. The van der Waals surface area contributed by atoms with Crippen LogP contribution in [0, 0.1) is 16.7 Å². The number of benzene rings is 1. The number of ether oxygens (including phenoxy) is 2. The summed E-state index contributed by atoms with van der Waals surface area (Å²) in [7, 11) is 1.30. The van der Waals surface area contributed by atoms with E-state index in [0.717, 1.165) is 5.56 Å². The summed E-state index contributed by atoms with van der Waals surface area (Å²) >= 11 is 0. The zero-order valence-corrected chi connectivity index (χ0v) is 19.7. The molecule has 2 rings (SSSR count). The fourth-order valence-corrected chi connectivity index (χ4v) is 4.21. The Bertz CT molecular complexity index is 825. The van der Waals surface area contributed by atoms with E-state index in [-0.39, 0.29) is 18.3 Å². The van der Waals surface area contributed by atoms with Gasteiger partial charge in [0.15, 0.2) is 0 Å². The van der Waals surface area contributed by atoms with Crippen molar-refractivity contribution in [3.8, 4) is 0 Å². The molecule has 1 aromatic rings. The Balaban J connectivity index is 2.19. The van der Waals surface area contributed by atoms with Crippen LogP contribution in [0.5, 0.6) is 0 Å². The van der Waals surface area contributed by atoms with E-state index in [9.17, 15) is 14.4 Å². The van der Waals surface area contributed by atoms with Crippen LogP contribution in [0.3, 0.4) is 0 Å². The quantitative estimate of drug-likeness (QED) is 0.528. The van der Waals surface area contributed by atoms with E-state index in [2.05, 4.69) is 5.32 Å². The Morgan fingerprint density at radius 1 is 1.16 bits per heavy atom. The molecule has 1 saturated carbocycles. The van der Waals surface area contributed by atoms with Crippen LogP contribution in [0.25, 0.3) is 0 Å². The summed E-state index contributed by atoms with van der Waals surface area (Å²) in [4.78, 5) is 38.6. The molecule has 0 aromatic heterocycles. The first-order chi connectivity index (χ1) is 14.2. The zero-order valence-electron chi connectivity index (χ0n) is 19.7. The summed E-state index contributed by atoms with van der Waals surface area (Å²) in [5, 5.41) is 2.86. The van der Waals surface area contributed by atoms with Crippen LogP contribution in [0.2, 0.25) is 0 Å². The molecule has 3 atom stereocenters. The first kappa shape index (κ1) is 24.7. The zero-order chi connectivity index (χ0) is 23.6. The summed E-state index contributed by atoms with van der Waals surface area (Å²) < 4.78 is 10.6. The number of carbonyl (C=O) groups is 3. The molecular formula is C24H36N2O5. The molecule has 1 aromatic carbocycles. The molecule has 0 aliphatic heterocycles. The first-order valence-electron chi connectivity index (χ1n) is 10.7. The van der Waals surface area contributed by atoms with Gasteiger partial charge in [-0.3, -0.25) is 9.59 Å². The highest BCUT2D eigenvalue weighted by molar-refractivity contribution is 5.88. The number of nitrogens with one attached hydrogen (secondary N) is 1. The van der Waals surface area contributed by atoms with E-state index in [1.54, 1.807) is 12.1 Å². The minimum atomic E-state index is -0.828. The minimum absolute atomic E-state index is 0.261. The third kappa shape index (κ3) is 5.38. The number of methoxy groups -OCH3 is 1. The van der Waals surface area contributed by atoms with Crippen LogP contribution < -0.4 is 11.1 Å². The Morgan fingerprint density at radius 3 is 2.26 bits per heavy atom. The lowest BCUT2D eigenvalue weighted by atomic mass is 9.65. The smallest absolute Gasteiger partial charge is 0.328 e. The van der Waals surface area contributed by atoms with Gasteiger partial charge >= 0.3 is 11.9 Å². The number of nitrogens with two attached hydrogens (primary N) is 1. The van der Waals surface area contributed by atoms with Crippen molar-refractivity contribution >= 4 is 23.5 Å². The molecule has 0 spiro atoms. The molecule has 1 amide bonds. The Kier molecular flexibility index (Phi) is 7.08. The van der Waals surface area contributed by atoms with Crippen LogP contribution in [-0.4, -0.2) is 36.6 Å². The highest BCUT2D eigenvalue weighted by Crippen LogP contribution is 2.57. The van der Waals surface area contributed by atoms with Crippen molar-refractivity contribution in [3.63, 3.8) is 0 Å². The maximum Gasteiger partial charge on any atom is 0.328 e. The normalized spacial score (nSPS) is 23.6. The van der Waals surface area contributed by atoms with Gasteiger partial charge < -0.3 is 20.5 Å². The Hall–Kier alpha value is -2.57. The van der Waals surface area contributed by atoms with Crippen LogP contribution >= 0.6 is 0 Å². The van der Waals surface area contributed by atoms with Gasteiger partial charge in [0.1, 0.15) is 11.6 Å². The number of amides is 1. The lowest BCUT2D eigenvalue weighted by Crippen LogP contribution is -2.51. The van der Waals surface area contributed by atoms with E-state index in [4.69, 9.17) is 15.2 Å². The van der Waals surface area contributed by atoms with E-state index in [1.807, 2.05) is 53.7 Å². The van der Waals surface area contributed by atoms with Crippen molar-refractivity contribution in [1.82, 2.24) is 5.32 Å². The average molecular weight is 433 g/mol. The lowest BCUT2D eigenvalue weighted by molar-refractivity contribution is -0.173. The van der Waals surface area contributed by atoms with Gasteiger partial charge in [-0.15, -0.1) is 0 Å². The second-order valence-electron chi connectivity index (χ2n) is 10.2. The molecule has 3 N–H and O–H groups in total. The summed E-state index contributed by atoms with van der Waals surface area (Å²) in [6.45, 7) is 11.2. The van der Waals surface area contributed by atoms with Crippen molar-refractivity contribution in [3.05, 3.63) is 29.8 Å². The van der Waals surface area contributed by atoms with E-state index >= 15 is 0 Å². The molecule has 0 radical (unpaired) electrons. The summed E-state index contributed by atoms with van der Waals surface area (Å²) in [5.41, 5.74) is 5.14. The molecule has 0 bridgehead atoms. The molecule has 1 fully saturated rings. The molecule has 31 heavy (non-hydrogen) atoms. The number of esters is 2. The summed E-state index contributed by atoms with van der Waals surface area (Å²) in [6, 6.07) is 6.30. The van der Waals surface area contributed by atoms with Gasteiger partial charge in [0, 0.05) is 18.0 Å². The maximum absolute atomic E-state index is 13.2. The molecule has 7 heteroatoms. The molecule has 0 heterocycles. The minimum Gasteiger partial charge on any atom is -0.467 e. The molecule has 0 saturated heterocycles. The van der Waals surface area contributed by atoms with Crippen LogP contribution in [0.1, 0.15) is 59.9 Å². The lowest BCUT2D eigenvalue weighted by Gasteiger charge is -2.40. The molecule has 172 valence electrons. The Labute approximate surface area is 185 Å². The highest BCUT2D eigenvalue weighted by atomic mass is 16.6. The largest absolute Gasteiger partial charge is 0.467 e. The average Bonchev–Trinajstić information content (AvgIpc) is 2.91. The van der Waals surface area contributed by atoms with Crippen molar-refractivity contribution in [2.75, 3.05) is 12.8 Å². The van der Waals surface area contributed by atoms with Gasteiger partial charge in [-0.2, -0.15) is 0 Å². The van der Waals surface area contributed by atoms with Crippen LogP contribution in [-0.2, 0) is 30.3 Å². The fraction of sp³-hybridized carbons (Fsp3) is 0.625. The number of nitrogen functional groups attached to an aromatic ring is 1. The maximum atomic E-state index is 13.2. The number of anilines is 1. The van der Waals surface area contributed by atoms with Gasteiger partial charge in [-0.1, -0.05) is 26.0 Å². The van der Waals surface area contributed by atoms with Crippen molar-refractivity contribution < 1.29 is 23.9 Å². The predicted molar refractivity (Wildman–Crippen MR) is 119 cm³/mol. The molecule has 7 nitrogen and oxygen atoms in total. The number of rotatable bonds is 6. The highest BCUT2D eigenvalue weighted by Gasteiger charge is 2.59. The predicted octanol–water partition coefficient (Wildman–Crippen LogP) is 3.25. The number of hydrogen-bond acceptors (Lipinski definition) is 6. The van der Waals surface area contributed by atoms with Gasteiger partial charge in [0.2, 0.25) is 5.91 Å². The van der Waals surface area contributed by atoms with E-state index in [0.29, 0.717) is 18.5 Å². The van der Waals surface area contributed by atoms with Gasteiger partial charge in [-0.05, 0) is 63.6 Å². The number of hydrogen-bond donors (Lipinski definition) is 2. The van der Waals surface area contributed by atoms with Crippen LogP contribution in [0.15, 0.2) is 24.3 Å². The SMILES string of the molecule is COC(=O)C(Cc1ccc(N)cc1)NC(=O)[C@H]1CC[C@@](C)(C(=O)OC(C)(C)C)C1(C)C. The Morgan fingerprint density at radius 2 is 1.74 bits per heavy atom. The standard InChI is InChI=1S/C24H36N2O5/c1-22(2,3)31-21(29)24(6)13-12-17(23(24,4)5)19(27)26-18(20(28)30-7)14-15-8-10-16(25)11-9-15/h8-11,17-18H,12-14,25H2,1-7H3,(H,26,27)/t17-,18?,24+/m1/s1. The molecule has 1 aliphatic carbocycles. The van der Waals surface area contributed by atoms with E-state index < -0.39 is 34.4 Å². The molecular weight excluding hydrogens is 396 g/mol. The van der Waals surface area contributed by atoms with Crippen molar-refractivity contribution in [1.29, 1.82) is 0 Å². The van der Waals surface area contributed by atoms with Gasteiger partial charge in [-0.25, -0.2) is 4.79 Å². The summed E-state index contributed by atoms with van der Waals surface area (Å²) in [5.74, 6) is -1.52.